The Bertz CT molecular complexity index is 440. The first-order valence-corrected chi connectivity index (χ1v) is 6.85. The monoisotopic (exact) mass is 280 g/mol. The molecule has 1 aliphatic rings. The van der Waals surface area contributed by atoms with Gasteiger partial charge in [-0.15, -0.1) is 0 Å². The molecule has 1 aliphatic heterocycles. The van der Waals surface area contributed by atoms with Gasteiger partial charge in [-0.2, -0.15) is 0 Å². The fraction of sp³-hybridized carbons (Fsp3) is 0.615. The number of rotatable bonds is 6. The minimum absolute atomic E-state index is 0.203. The topological polar surface area (TPSA) is 107 Å². The van der Waals surface area contributed by atoms with Crippen LogP contribution in [0.2, 0.25) is 0 Å². The molecule has 4 N–H and O–H groups in total. The number of amides is 1. The molecule has 2 atom stereocenters. The van der Waals surface area contributed by atoms with E-state index in [0.29, 0.717) is 18.0 Å². The van der Waals surface area contributed by atoms with Gasteiger partial charge in [-0.3, -0.25) is 4.79 Å². The van der Waals surface area contributed by atoms with Crippen LogP contribution in [0.15, 0.2) is 12.5 Å². The summed E-state index contributed by atoms with van der Waals surface area (Å²) >= 11 is 0. The van der Waals surface area contributed by atoms with Crippen LogP contribution in [-0.2, 0) is 16.0 Å². The van der Waals surface area contributed by atoms with Crippen LogP contribution < -0.4 is 10.6 Å². The molecule has 20 heavy (non-hydrogen) atoms. The predicted molar refractivity (Wildman–Crippen MR) is 72.1 cm³/mol. The van der Waals surface area contributed by atoms with E-state index in [9.17, 15) is 9.59 Å². The SMILES string of the molecule is O=C(CC1CCCNC1)NC(Cc1cnc[nH]1)C(=O)O. The molecule has 1 amide bonds. The highest BCUT2D eigenvalue weighted by Crippen LogP contribution is 2.13. The van der Waals surface area contributed by atoms with Gasteiger partial charge in [0.05, 0.1) is 6.33 Å². The van der Waals surface area contributed by atoms with Gasteiger partial charge in [0.25, 0.3) is 0 Å². The summed E-state index contributed by atoms with van der Waals surface area (Å²) in [6, 6.07) is -0.917. The number of carbonyl (C=O) groups is 2. The number of hydrogen-bond donors (Lipinski definition) is 4. The lowest BCUT2D eigenvalue weighted by Gasteiger charge is -2.23. The van der Waals surface area contributed by atoms with Crippen molar-refractivity contribution < 1.29 is 14.7 Å². The zero-order valence-electron chi connectivity index (χ0n) is 11.3. The molecule has 1 aromatic rings. The molecule has 1 aromatic heterocycles. The van der Waals surface area contributed by atoms with Crippen molar-refractivity contribution in [3.63, 3.8) is 0 Å². The van der Waals surface area contributed by atoms with E-state index in [2.05, 4.69) is 20.6 Å². The molecule has 0 bridgehead atoms. The van der Waals surface area contributed by atoms with Crippen LogP contribution in [0.25, 0.3) is 0 Å². The first-order valence-electron chi connectivity index (χ1n) is 6.85. The Hall–Kier alpha value is -1.89. The first-order chi connectivity index (χ1) is 9.65. The Labute approximate surface area is 117 Å². The van der Waals surface area contributed by atoms with Crippen molar-refractivity contribution in [3.8, 4) is 0 Å². The van der Waals surface area contributed by atoms with Crippen LogP contribution in [0, 0.1) is 5.92 Å². The smallest absolute Gasteiger partial charge is 0.326 e. The van der Waals surface area contributed by atoms with Crippen LogP contribution in [0.3, 0.4) is 0 Å². The number of imidazole rings is 1. The molecule has 2 heterocycles. The van der Waals surface area contributed by atoms with Gasteiger partial charge in [-0.05, 0) is 31.8 Å². The number of carboxylic acids is 1. The maximum absolute atomic E-state index is 11.9. The van der Waals surface area contributed by atoms with Crippen molar-refractivity contribution >= 4 is 11.9 Å². The third kappa shape index (κ3) is 4.34. The van der Waals surface area contributed by atoms with E-state index in [1.807, 2.05) is 0 Å². The summed E-state index contributed by atoms with van der Waals surface area (Å²) in [6.45, 7) is 1.82. The second-order valence-corrected chi connectivity index (χ2v) is 5.16. The first kappa shape index (κ1) is 14.5. The number of carboxylic acid groups (broad SMARTS) is 1. The van der Waals surface area contributed by atoms with Crippen LogP contribution >= 0.6 is 0 Å². The quantitative estimate of drug-likeness (QED) is 0.582. The Morgan fingerprint density at radius 3 is 3.00 bits per heavy atom. The number of aliphatic carboxylic acids is 1. The lowest BCUT2D eigenvalue weighted by atomic mass is 9.95. The molecule has 110 valence electrons. The molecule has 7 heteroatoms. The molecule has 2 unspecified atom stereocenters. The lowest BCUT2D eigenvalue weighted by Crippen LogP contribution is -2.44. The van der Waals surface area contributed by atoms with Gasteiger partial charge >= 0.3 is 5.97 Å². The van der Waals surface area contributed by atoms with Crippen molar-refractivity contribution in [2.24, 2.45) is 5.92 Å². The summed E-state index contributed by atoms with van der Waals surface area (Å²) in [5.74, 6) is -0.939. The molecule has 2 rings (SSSR count). The van der Waals surface area contributed by atoms with E-state index in [0.717, 1.165) is 25.9 Å². The molecule has 0 aromatic carbocycles. The third-order valence-corrected chi connectivity index (χ3v) is 3.49. The van der Waals surface area contributed by atoms with Gasteiger partial charge in [0.15, 0.2) is 0 Å². The third-order valence-electron chi connectivity index (χ3n) is 3.49. The van der Waals surface area contributed by atoms with Crippen LogP contribution in [0.4, 0.5) is 0 Å². The van der Waals surface area contributed by atoms with Gasteiger partial charge in [0.2, 0.25) is 5.91 Å². The maximum Gasteiger partial charge on any atom is 0.326 e. The van der Waals surface area contributed by atoms with E-state index >= 15 is 0 Å². The van der Waals surface area contributed by atoms with E-state index in [4.69, 9.17) is 5.11 Å². The Balaban J connectivity index is 1.83. The number of hydrogen-bond acceptors (Lipinski definition) is 4. The fourth-order valence-corrected chi connectivity index (χ4v) is 2.43. The van der Waals surface area contributed by atoms with Crippen molar-refractivity contribution in [1.29, 1.82) is 0 Å². The molecule has 1 fully saturated rings. The molecular weight excluding hydrogens is 260 g/mol. The minimum atomic E-state index is -1.03. The molecule has 0 spiro atoms. The molecule has 7 nitrogen and oxygen atoms in total. The van der Waals surface area contributed by atoms with Gasteiger partial charge in [0.1, 0.15) is 6.04 Å². The second kappa shape index (κ2) is 7.04. The molecular formula is C13H20N4O3. The summed E-state index contributed by atoms with van der Waals surface area (Å²) in [7, 11) is 0. The number of carbonyl (C=O) groups excluding carboxylic acids is 1. The summed E-state index contributed by atoms with van der Waals surface area (Å²) in [5.41, 5.74) is 0.692. The van der Waals surface area contributed by atoms with Crippen LogP contribution in [-0.4, -0.2) is 46.1 Å². The average molecular weight is 280 g/mol. The minimum Gasteiger partial charge on any atom is -0.480 e. The molecule has 0 radical (unpaired) electrons. The second-order valence-electron chi connectivity index (χ2n) is 5.16. The van der Waals surface area contributed by atoms with Crippen molar-refractivity contribution in [2.75, 3.05) is 13.1 Å². The lowest BCUT2D eigenvalue weighted by molar-refractivity contribution is -0.142. The normalized spacial score (nSPS) is 20.3. The Morgan fingerprint density at radius 2 is 2.40 bits per heavy atom. The fourth-order valence-electron chi connectivity index (χ4n) is 2.43. The zero-order valence-corrected chi connectivity index (χ0v) is 11.3. The maximum atomic E-state index is 11.9. The summed E-state index contributed by atoms with van der Waals surface area (Å²) in [5, 5.41) is 15.0. The highest BCUT2D eigenvalue weighted by Gasteiger charge is 2.23. The number of nitrogens with one attached hydrogen (secondary N) is 3. The van der Waals surface area contributed by atoms with Crippen molar-refractivity contribution in [2.45, 2.75) is 31.7 Å². The van der Waals surface area contributed by atoms with Crippen LogP contribution in [0.5, 0.6) is 0 Å². The average Bonchev–Trinajstić information content (AvgIpc) is 2.92. The number of piperidine rings is 1. The molecule has 1 saturated heterocycles. The van der Waals surface area contributed by atoms with E-state index in [1.165, 1.54) is 6.33 Å². The predicted octanol–water partition coefficient (Wildman–Crippen LogP) is -0.0887. The Morgan fingerprint density at radius 1 is 1.55 bits per heavy atom. The summed E-state index contributed by atoms with van der Waals surface area (Å²) < 4.78 is 0. The molecule has 0 aliphatic carbocycles. The summed E-state index contributed by atoms with van der Waals surface area (Å²) in [4.78, 5) is 29.8. The highest BCUT2D eigenvalue weighted by molar-refractivity contribution is 5.83. The van der Waals surface area contributed by atoms with Gasteiger partial charge in [-0.25, -0.2) is 9.78 Å². The van der Waals surface area contributed by atoms with E-state index < -0.39 is 12.0 Å². The molecule has 0 saturated carbocycles. The van der Waals surface area contributed by atoms with Crippen molar-refractivity contribution in [1.82, 2.24) is 20.6 Å². The number of aromatic amines is 1. The van der Waals surface area contributed by atoms with Crippen LogP contribution in [0.1, 0.15) is 25.0 Å². The van der Waals surface area contributed by atoms with Gasteiger partial charge in [-0.1, -0.05) is 0 Å². The number of H-pyrrole nitrogens is 1. The van der Waals surface area contributed by atoms with E-state index in [-0.39, 0.29) is 12.3 Å². The van der Waals surface area contributed by atoms with Crippen molar-refractivity contribution in [3.05, 3.63) is 18.2 Å². The highest BCUT2D eigenvalue weighted by atomic mass is 16.4. The largest absolute Gasteiger partial charge is 0.480 e. The number of nitrogens with zero attached hydrogens (tertiary/aromatic N) is 1. The summed E-state index contributed by atoms with van der Waals surface area (Å²) in [6.07, 6.45) is 5.72. The van der Waals surface area contributed by atoms with Gasteiger partial charge < -0.3 is 20.7 Å². The van der Waals surface area contributed by atoms with E-state index in [1.54, 1.807) is 6.20 Å². The Kier molecular flexibility index (Phi) is 5.11. The standard InChI is InChI=1S/C13H20N4O3/c18-12(4-9-2-1-3-14-6-9)17-11(13(19)20)5-10-7-15-8-16-10/h7-9,11,14H,1-6H2,(H,15,16)(H,17,18)(H,19,20). The number of aromatic nitrogens is 2. The van der Waals surface area contributed by atoms with Gasteiger partial charge in [0, 0.05) is 24.7 Å². The zero-order chi connectivity index (χ0) is 14.4.